The first-order valence-corrected chi connectivity index (χ1v) is 10.1. The van der Waals surface area contributed by atoms with Crippen molar-refractivity contribution < 1.29 is 18.7 Å². The molecule has 2 aliphatic rings. The smallest absolute Gasteiger partial charge is 0.325 e. The van der Waals surface area contributed by atoms with Crippen LogP contribution in [0.5, 0.6) is 6.01 Å². The van der Waals surface area contributed by atoms with Gasteiger partial charge in [-0.25, -0.2) is 19.2 Å². The number of aromatic nitrogens is 2. The predicted octanol–water partition coefficient (Wildman–Crippen LogP) is 2.58. The monoisotopic (exact) mass is 433 g/mol. The van der Waals surface area contributed by atoms with Crippen molar-refractivity contribution in [1.82, 2.24) is 19.8 Å². The number of likely N-dealkylation sites (tertiary alicyclic amines) is 1. The van der Waals surface area contributed by atoms with E-state index in [-0.39, 0.29) is 30.6 Å². The molecule has 30 heavy (non-hydrogen) atoms. The van der Waals surface area contributed by atoms with Gasteiger partial charge in [0.2, 0.25) is 5.91 Å². The quantitative estimate of drug-likeness (QED) is 0.724. The summed E-state index contributed by atoms with van der Waals surface area (Å²) < 4.78 is 18.6. The maximum absolute atomic E-state index is 12.9. The van der Waals surface area contributed by atoms with E-state index in [1.807, 2.05) is 6.07 Å². The zero-order valence-corrected chi connectivity index (χ0v) is 17.0. The van der Waals surface area contributed by atoms with E-state index in [0.29, 0.717) is 36.9 Å². The van der Waals surface area contributed by atoms with Crippen LogP contribution in [-0.4, -0.2) is 70.5 Å². The summed E-state index contributed by atoms with van der Waals surface area (Å²) in [5.74, 6) is -0.672. The van der Waals surface area contributed by atoms with Crippen LogP contribution in [0.25, 0.3) is 0 Å². The highest BCUT2D eigenvalue weighted by Gasteiger charge is 2.33. The summed E-state index contributed by atoms with van der Waals surface area (Å²) in [6, 6.07) is 6.96. The fraction of sp³-hybridized carbons (Fsp3) is 0.400. The third-order valence-electron chi connectivity index (χ3n) is 5.14. The normalized spacial score (nSPS) is 19.3. The van der Waals surface area contributed by atoms with Gasteiger partial charge in [-0.05, 0) is 31.0 Å². The molecule has 3 heterocycles. The summed E-state index contributed by atoms with van der Waals surface area (Å²) in [4.78, 5) is 38.0. The lowest BCUT2D eigenvalue weighted by molar-refractivity contribution is -0.134. The average Bonchev–Trinajstić information content (AvgIpc) is 3.10. The summed E-state index contributed by atoms with van der Waals surface area (Å²) >= 11 is 6.02. The van der Waals surface area contributed by atoms with Gasteiger partial charge in [-0.15, -0.1) is 0 Å². The number of anilines is 1. The molecule has 10 heteroatoms. The minimum atomic E-state index is -0.537. The standard InChI is InChI=1S/C20H21ClFN5O3/c21-14-3-1-4-16(9-14)27-8-7-26(20(27)29)13-18(28)25-6-2-5-17(12-25)30-19-23-10-15(22)11-24-19/h1,3-4,9-11,17H,2,5-8,12-13H2/t17-/m0/s1. The van der Waals surface area contributed by atoms with Gasteiger partial charge in [0.05, 0.1) is 18.9 Å². The first-order chi connectivity index (χ1) is 14.5. The van der Waals surface area contributed by atoms with Crippen molar-refractivity contribution in [1.29, 1.82) is 0 Å². The molecular weight excluding hydrogens is 413 g/mol. The van der Waals surface area contributed by atoms with E-state index in [2.05, 4.69) is 9.97 Å². The van der Waals surface area contributed by atoms with Gasteiger partial charge in [-0.2, -0.15) is 0 Å². The van der Waals surface area contributed by atoms with E-state index in [1.54, 1.807) is 28.0 Å². The molecule has 0 spiro atoms. The number of benzene rings is 1. The van der Waals surface area contributed by atoms with E-state index in [0.717, 1.165) is 25.2 Å². The Morgan fingerprint density at radius 2 is 2.03 bits per heavy atom. The summed E-state index contributed by atoms with van der Waals surface area (Å²) in [5, 5.41) is 0.555. The van der Waals surface area contributed by atoms with Gasteiger partial charge >= 0.3 is 12.0 Å². The SMILES string of the molecule is O=C(CN1CCN(c2cccc(Cl)c2)C1=O)N1CCC[C@H](Oc2ncc(F)cn2)C1. The fourth-order valence-corrected chi connectivity index (χ4v) is 3.83. The van der Waals surface area contributed by atoms with Crippen LogP contribution >= 0.6 is 11.6 Å². The number of nitrogens with zero attached hydrogens (tertiary/aromatic N) is 5. The Labute approximate surface area is 178 Å². The molecule has 0 bridgehead atoms. The minimum Gasteiger partial charge on any atom is -0.458 e. The van der Waals surface area contributed by atoms with Crippen LogP contribution in [-0.2, 0) is 4.79 Å². The Balaban J connectivity index is 1.33. The third-order valence-corrected chi connectivity index (χ3v) is 5.38. The van der Waals surface area contributed by atoms with Crippen molar-refractivity contribution >= 4 is 29.2 Å². The first-order valence-electron chi connectivity index (χ1n) is 9.73. The lowest BCUT2D eigenvalue weighted by Crippen LogP contribution is -2.48. The van der Waals surface area contributed by atoms with E-state index in [9.17, 15) is 14.0 Å². The number of amides is 3. The molecule has 1 aromatic carbocycles. The molecular formula is C20H21ClFN5O3. The van der Waals surface area contributed by atoms with Gasteiger partial charge < -0.3 is 14.5 Å². The van der Waals surface area contributed by atoms with Crippen LogP contribution < -0.4 is 9.64 Å². The number of piperidine rings is 1. The summed E-state index contributed by atoms with van der Waals surface area (Å²) in [6.07, 6.45) is 3.32. The first kappa shape index (κ1) is 20.3. The molecule has 0 radical (unpaired) electrons. The Hall–Kier alpha value is -2.94. The van der Waals surface area contributed by atoms with Crippen LogP contribution in [0.1, 0.15) is 12.8 Å². The Bertz CT molecular complexity index is 929. The summed E-state index contributed by atoms with van der Waals surface area (Å²) in [7, 11) is 0. The lowest BCUT2D eigenvalue weighted by Gasteiger charge is -2.33. The Morgan fingerprint density at radius 1 is 1.23 bits per heavy atom. The molecule has 0 N–H and O–H groups in total. The van der Waals surface area contributed by atoms with E-state index in [1.165, 1.54) is 4.90 Å². The van der Waals surface area contributed by atoms with Crippen LogP contribution in [0.3, 0.4) is 0 Å². The maximum atomic E-state index is 12.9. The molecule has 2 aromatic rings. The summed E-state index contributed by atoms with van der Waals surface area (Å²) in [5.41, 5.74) is 0.716. The second-order valence-electron chi connectivity index (χ2n) is 7.24. The molecule has 0 unspecified atom stereocenters. The van der Waals surface area contributed by atoms with Gasteiger partial charge in [-0.3, -0.25) is 9.69 Å². The highest BCUT2D eigenvalue weighted by molar-refractivity contribution is 6.30. The largest absolute Gasteiger partial charge is 0.458 e. The van der Waals surface area contributed by atoms with Crippen LogP contribution in [0.2, 0.25) is 5.02 Å². The van der Waals surface area contributed by atoms with Crippen molar-refractivity contribution in [2.45, 2.75) is 18.9 Å². The zero-order chi connectivity index (χ0) is 21.1. The maximum Gasteiger partial charge on any atom is 0.325 e. The molecule has 2 aliphatic heterocycles. The van der Waals surface area contributed by atoms with Crippen LogP contribution in [0, 0.1) is 5.82 Å². The summed E-state index contributed by atoms with van der Waals surface area (Å²) in [6.45, 7) is 1.95. The molecule has 158 valence electrons. The van der Waals surface area contributed by atoms with Crippen molar-refractivity contribution in [3.05, 3.63) is 47.5 Å². The van der Waals surface area contributed by atoms with E-state index < -0.39 is 5.82 Å². The molecule has 1 aromatic heterocycles. The predicted molar refractivity (Wildman–Crippen MR) is 108 cm³/mol. The van der Waals surface area contributed by atoms with Crippen molar-refractivity contribution in [2.24, 2.45) is 0 Å². The number of rotatable bonds is 5. The van der Waals surface area contributed by atoms with Crippen molar-refractivity contribution in [3.63, 3.8) is 0 Å². The van der Waals surface area contributed by atoms with Crippen molar-refractivity contribution in [3.8, 4) is 6.01 Å². The molecule has 3 amide bonds. The van der Waals surface area contributed by atoms with Crippen molar-refractivity contribution in [2.75, 3.05) is 37.6 Å². The molecule has 1 atom stereocenters. The fourth-order valence-electron chi connectivity index (χ4n) is 3.65. The van der Waals surface area contributed by atoms with Gasteiger partial charge in [0.25, 0.3) is 0 Å². The van der Waals surface area contributed by atoms with Gasteiger partial charge in [-0.1, -0.05) is 17.7 Å². The third kappa shape index (κ3) is 4.62. The second-order valence-corrected chi connectivity index (χ2v) is 7.68. The number of urea groups is 1. The minimum absolute atomic E-state index is 0.00959. The molecule has 2 saturated heterocycles. The van der Waals surface area contributed by atoms with Gasteiger partial charge in [0, 0.05) is 30.3 Å². The Morgan fingerprint density at radius 3 is 2.80 bits per heavy atom. The molecule has 0 saturated carbocycles. The number of carbonyl (C=O) groups excluding carboxylic acids is 2. The number of hydrogen-bond donors (Lipinski definition) is 0. The lowest BCUT2D eigenvalue weighted by atomic mass is 10.1. The highest BCUT2D eigenvalue weighted by atomic mass is 35.5. The molecule has 0 aliphatic carbocycles. The van der Waals surface area contributed by atoms with Gasteiger partial charge in [0.1, 0.15) is 12.6 Å². The number of ether oxygens (including phenoxy) is 1. The number of hydrogen-bond acceptors (Lipinski definition) is 5. The van der Waals surface area contributed by atoms with E-state index in [4.69, 9.17) is 16.3 Å². The second kappa shape index (κ2) is 8.83. The van der Waals surface area contributed by atoms with Crippen LogP contribution in [0.15, 0.2) is 36.7 Å². The molecule has 2 fully saturated rings. The van der Waals surface area contributed by atoms with Crippen LogP contribution in [0.4, 0.5) is 14.9 Å². The molecule has 4 rings (SSSR count). The average molecular weight is 434 g/mol. The highest BCUT2D eigenvalue weighted by Crippen LogP contribution is 2.24. The Kier molecular flexibility index (Phi) is 5.98. The number of carbonyl (C=O) groups is 2. The molecule has 8 nitrogen and oxygen atoms in total. The van der Waals surface area contributed by atoms with Gasteiger partial charge in [0.15, 0.2) is 5.82 Å². The topological polar surface area (TPSA) is 78.9 Å². The number of halogens is 2. The van der Waals surface area contributed by atoms with E-state index >= 15 is 0 Å². The zero-order valence-electron chi connectivity index (χ0n) is 16.2.